The first-order valence-corrected chi connectivity index (χ1v) is 12.6. The van der Waals surface area contributed by atoms with Crippen molar-refractivity contribution in [3.05, 3.63) is 142 Å². The molecule has 0 atom stereocenters. The Kier molecular flexibility index (Phi) is 8.37. The minimum Gasteiger partial charge on any atom is -0.170 e. The van der Waals surface area contributed by atoms with Gasteiger partial charge in [-0.2, -0.15) is 13.2 Å². The van der Waals surface area contributed by atoms with Crippen molar-refractivity contribution in [2.45, 2.75) is 65.5 Å². The fraction of sp³-hybridized carbons (Fsp3) is 0.294. The van der Waals surface area contributed by atoms with Crippen molar-refractivity contribution in [2.24, 2.45) is 0 Å². The lowest BCUT2D eigenvalue weighted by molar-refractivity contribution is -0.173. The topological polar surface area (TPSA) is 0 Å². The van der Waals surface area contributed by atoms with Gasteiger partial charge < -0.3 is 0 Å². The van der Waals surface area contributed by atoms with Gasteiger partial charge in [0.2, 0.25) is 0 Å². The summed E-state index contributed by atoms with van der Waals surface area (Å²) in [5.41, 5.74) is 5.86. The number of halogens is 3. The molecule has 0 aliphatic rings. The van der Waals surface area contributed by atoms with Crippen molar-refractivity contribution in [3.8, 4) is 0 Å². The minimum atomic E-state index is -4.35. The zero-order chi connectivity index (χ0) is 27.4. The highest BCUT2D eigenvalue weighted by atomic mass is 19.4. The maximum absolute atomic E-state index is 13.7. The van der Waals surface area contributed by atoms with E-state index in [0.717, 1.165) is 11.1 Å². The van der Waals surface area contributed by atoms with Crippen LogP contribution in [0.5, 0.6) is 0 Å². The first-order valence-electron chi connectivity index (χ1n) is 12.6. The molecule has 0 aliphatic heterocycles. The highest BCUT2D eigenvalue weighted by Gasteiger charge is 2.53. The summed E-state index contributed by atoms with van der Waals surface area (Å²) in [4.78, 5) is 0. The molecule has 3 heteroatoms. The maximum atomic E-state index is 13.7. The summed E-state index contributed by atoms with van der Waals surface area (Å²) in [5.74, 6) is 0. The van der Waals surface area contributed by atoms with Gasteiger partial charge in [0.25, 0.3) is 0 Å². The number of benzene rings is 4. The summed E-state index contributed by atoms with van der Waals surface area (Å²) < 4.78 is 41.0. The summed E-state index contributed by atoms with van der Waals surface area (Å²) in [6.45, 7) is 13.8. The Morgan fingerprint density at radius 3 is 0.811 bits per heavy atom. The summed E-state index contributed by atoms with van der Waals surface area (Å²) in [6, 6.07) is 30.8. The number of hydrogen-bond acceptors (Lipinski definition) is 0. The molecule has 0 heterocycles. The number of hydrogen-bond donors (Lipinski definition) is 0. The van der Waals surface area contributed by atoms with Crippen molar-refractivity contribution >= 4 is 0 Å². The van der Waals surface area contributed by atoms with Crippen LogP contribution in [0.3, 0.4) is 0 Å². The fourth-order valence-corrected chi connectivity index (χ4v) is 4.37. The lowest BCUT2D eigenvalue weighted by Gasteiger charge is -2.33. The van der Waals surface area contributed by atoms with Gasteiger partial charge in [-0.25, -0.2) is 0 Å². The Bertz CT molecular complexity index is 1180. The van der Waals surface area contributed by atoms with Gasteiger partial charge in [-0.05, 0) is 56.9 Å². The predicted octanol–water partition coefficient (Wildman–Crippen LogP) is 9.80. The summed E-state index contributed by atoms with van der Waals surface area (Å²) >= 11 is 0. The molecule has 0 nitrogen and oxygen atoms in total. The van der Waals surface area contributed by atoms with Crippen molar-refractivity contribution in [1.82, 2.24) is 0 Å². The fourth-order valence-electron chi connectivity index (χ4n) is 4.37. The Morgan fingerprint density at radius 1 is 0.378 bits per heavy atom. The zero-order valence-corrected chi connectivity index (χ0v) is 22.9. The second-order valence-electron chi connectivity index (χ2n) is 10.7. The van der Waals surface area contributed by atoms with Crippen LogP contribution in [0.4, 0.5) is 13.2 Å². The van der Waals surface area contributed by atoms with Crippen LogP contribution in [0.25, 0.3) is 0 Å². The van der Waals surface area contributed by atoms with Crippen molar-refractivity contribution in [2.75, 3.05) is 0 Å². The van der Waals surface area contributed by atoms with Crippen LogP contribution in [0.2, 0.25) is 0 Å². The SMILES string of the molecule is Cc1ccc(C(C)(C)c2ccc(C)cc2)cc1.Cc1ccc(C(C)(c2ccc(C)cc2)C(F)(F)F)cc1. The highest BCUT2D eigenvalue weighted by molar-refractivity contribution is 5.42. The van der Waals surface area contributed by atoms with E-state index in [-0.39, 0.29) is 16.5 Å². The lowest BCUT2D eigenvalue weighted by Crippen LogP contribution is -2.40. The quantitative estimate of drug-likeness (QED) is 0.260. The third-order valence-electron chi connectivity index (χ3n) is 7.37. The Hall–Kier alpha value is -3.33. The molecule has 4 rings (SSSR count). The predicted molar refractivity (Wildman–Crippen MR) is 149 cm³/mol. The molecular formula is C34H37F3. The Balaban J connectivity index is 0.000000208. The molecule has 0 N–H and O–H groups in total. The summed E-state index contributed by atoms with van der Waals surface area (Å²) in [5, 5.41) is 0. The molecule has 194 valence electrons. The van der Waals surface area contributed by atoms with Crippen LogP contribution in [-0.2, 0) is 10.8 Å². The normalized spacial score (nSPS) is 12.1. The molecule has 0 aromatic heterocycles. The average Bonchev–Trinajstić information content (AvgIpc) is 2.85. The van der Waals surface area contributed by atoms with Crippen LogP contribution in [0, 0.1) is 27.7 Å². The van der Waals surface area contributed by atoms with Crippen LogP contribution in [0.15, 0.2) is 97.1 Å². The summed E-state index contributed by atoms with van der Waals surface area (Å²) in [7, 11) is 0. The van der Waals surface area contributed by atoms with Crippen LogP contribution in [0.1, 0.15) is 65.3 Å². The van der Waals surface area contributed by atoms with Crippen LogP contribution in [-0.4, -0.2) is 6.18 Å². The van der Waals surface area contributed by atoms with E-state index in [0.29, 0.717) is 0 Å². The van der Waals surface area contributed by atoms with Gasteiger partial charge in [0.05, 0.1) is 0 Å². The molecule has 4 aromatic carbocycles. The average molecular weight is 503 g/mol. The van der Waals surface area contributed by atoms with Gasteiger partial charge in [-0.15, -0.1) is 0 Å². The highest BCUT2D eigenvalue weighted by Crippen LogP contribution is 2.46. The standard InChI is InChI=1S/C17H17F3.C17H20/c1-12-4-8-14(9-5-12)16(3,17(18,19)20)15-10-6-13(2)7-11-15;1-13-5-9-15(10-6-13)17(3,4)16-11-7-14(2)8-12-16/h4-11H,1-3H3;5-12H,1-4H3. The van der Waals surface area contributed by atoms with Crippen molar-refractivity contribution in [3.63, 3.8) is 0 Å². The van der Waals surface area contributed by atoms with E-state index in [4.69, 9.17) is 0 Å². The first kappa shape index (κ1) is 28.2. The second-order valence-corrected chi connectivity index (χ2v) is 10.7. The van der Waals surface area contributed by atoms with Gasteiger partial charge in [-0.3, -0.25) is 0 Å². The molecule has 4 aromatic rings. The third-order valence-corrected chi connectivity index (χ3v) is 7.37. The molecule has 37 heavy (non-hydrogen) atoms. The molecule has 0 fully saturated rings. The number of rotatable bonds is 4. The van der Waals surface area contributed by atoms with Gasteiger partial charge >= 0.3 is 6.18 Å². The molecular weight excluding hydrogens is 465 g/mol. The number of alkyl halides is 3. The lowest BCUT2D eigenvalue weighted by atomic mass is 9.75. The third kappa shape index (κ3) is 6.33. The molecule has 0 saturated carbocycles. The van der Waals surface area contributed by atoms with Crippen LogP contribution >= 0.6 is 0 Å². The zero-order valence-electron chi connectivity index (χ0n) is 22.9. The first-order chi connectivity index (χ1) is 17.2. The minimum absolute atomic E-state index is 0.0708. The molecule has 0 unspecified atom stereocenters. The molecule has 0 spiro atoms. The monoisotopic (exact) mass is 502 g/mol. The summed E-state index contributed by atoms with van der Waals surface area (Å²) in [6.07, 6.45) is -4.35. The van der Waals surface area contributed by atoms with Crippen LogP contribution < -0.4 is 0 Å². The smallest absolute Gasteiger partial charge is 0.170 e. The van der Waals surface area contributed by atoms with Crippen molar-refractivity contribution in [1.29, 1.82) is 0 Å². The van der Waals surface area contributed by atoms with Gasteiger partial charge in [0.1, 0.15) is 5.41 Å². The van der Waals surface area contributed by atoms with E-state index in [1.54, 1.807) is 48.5 Å². The Morgan fingerprint density at radius 2 is 0.595 bits per heavy atom. The van der Waals surface area contributed by atoms with E-state index in [1.807, 2.05) is 13.8 Å². The molecule has 0 bridgehead atoms. The molecule has 0 aliphatic carbocycles. The molecule has 0 radical (unpaired) electrons. The van der Waals surface area contributed by atoms with E-state index >= 15 is 0 Å². The van der Waals surface area contributed by atoms with E-state index in [1.165, 1.54) is 29.2 Å². The van der Waals surface area contributed by atoms with Crippen molar-refractivity contribution < 1.29 is 13.2 Å². The maximum Gasteiger partial charge on any atom is 0.402 e. The second kappa shape index (κ2) is 11.0. The largest absolute Gasteiger partial charge is 0.402 e. The van der Waals surface area contributed by atoms with Gasteiger partial charge in [-0.1, -0.05) is 133 Å². The van der Waals surface area contributed by atoms with E-state index < -0.39 is 11.6 Å². The van der Waals surface area contributed by atoms with Gasteiger partial charge in [0, 0.05) is 5.41 Å². The van der Waals surface area contributed by atoms with E-state index in [9.17, 15) is 13.2 Å². The molecule has 0 saturated heterocycles. The molecule has 0 amide bonds. The number of aryl methyl sites for hydroxylation is 4. The van der Waals surface area contributed by atoms with Gasteiger partial charge in [0.15, 0.2) is 0 Å². The Labute approximate surface area is 220 Å². The van der Waals surface area contributed by atoms with E-state index in [2.05, 4.69) is 76.2 Å².